The minimum atomic E-state index is 0.464. The second-order valence-corrected chi connectivity index (χ2v) is 6.11. The Kier molecular flexibility index (Phi) is 4.71. The number of ether oxygens (including phenoxy) is 1. The minimum Gasteiger partial charge on any atom is -0.378 e. The molecule has 3 rings (SSSR count). The van der Waals surface area contributed by atoms with Crippen LogP contribution in [0.15, 0.2) is 24.3 Å². The summed E-state index contributed by atoms with van der Waals surface area (Å²) >= 11 is 0. The Morgan fingerprint density at radius 3 is 2.75 bits per heavy atom. The van der Waals surface area contributed by atoms with Crippen molar-refractivity contribution in [2.45, 2.75) is 37.7 Å². The summed E-state index contributed by atoms with van der Waals surface area (Å²) < 4.78 is 5.87. The molecule has 0 bridgehead atoms. The summed E-state index contributed by atoms with van der Waals surface area (Å²) in [6.07, 6.45) is 5.08. The lowest BCUT2D eigenvalue weighted by molar-refractivity contribution is 0.00574. The van der Waals surface area contributed by atoms with Gasteiger partial charge in [-0.2, -0.15) is 0 Å². The van der Waals surface area contributed by atoms with Gasteiger partial charge in [0.1, 0.15) is 0 Å². The van der Waals surface area contributed by atoms with Crippen molar-refractivity contribution in [1.82, 2.24) is 4.90 Å². The van der Waals surface area contributed by atoms with E-state index in [1.54, 1.807) is 11.1 Å². The molecule has 110 valence electrons. The number of nitrogens with two attached hydrogens (primary N) is 1. The van der Waals surface area contributed by atoms with Crippen LogP contribution < -0.4 is 5.73 Å². The molecule has 1 fully saturated rings. The summed E-state index contributed by atoms with van der Waals surface area (Å²) in [4.78, 5) is 2.61. The first-order chi connectivity index (χ1) is 9.86. The first-order valence-electron chi connectivity index (χ1n) is 7.98. The third-order valence-corrected chi connectivity index (χ3v) is 4.68. The fourth-order valence-electron chi connectivity index (χ4n) is 3.43. The van der Waals surface area contributed by atoms with Crippen LogP contribution in [0.3, 0.4) is 0 Å². The molecule has 1 unspecified atom stereocenters. The first kappa shape index (κ1) is 14.1. The minimum absolute atomic E-state index is 0.464. The van der Waals surface area contributed by atoms with Crippen molar-refractivity contribution >= 4 is 0 Å². The summed E-state index contributed by atoms with van der Waals surface area (Å²) in [5, 5.41) is 0. The molecular formula is C17H26N2O. The summed E-state index contributed by atoms with van der Waals surface area (Å²) in [6.45, 7) is 5.17. The smallest absolute Gasteiger partial charge is 0.0599 e. The van der Waals surface area contributed by atoms with Gasteiger partial charge in [0.2, 0.25) is 0 Å². The molecule has 3 heteroatoms. The molecule has 1 aromatic rings. The van der Waals surface area contributed by atoms with E-state index in [-0.39, 0.29) is 0 Å². The van der Waals surface area contributed by atoms with Crippen molar-refractivity contribution in [3.8, 4) is 0 Å². The quantitative estimate of drug-likeness (QED) is 0.808. The van der Waals surface area contributed by atoms with Gasteiger partial charge < -0.3 is 15.4 Å². The number of benzene rings is 1. The summed E-state index contributed by atoms with van der Waals surface area (Å²) in [5.41, 5.74) is 8.62. The number of nitrogens with zero attached hydrogens (tertiary/aromatic N) is 1. The molecule has 1 heterocycles. The normalized spacial score (nSPS) is 23.4. The van der Waals surface area contributed by atoms with Gasteiger partial charge in [0.25, 0.3) is 0 Å². The molecule has 0 aromatic heterocycles. The molecule has 0 amide bonds. The maximum Gasteiger partial charge on any atom is 0.0599 e. The van der Waals surface area contributed by atoms with E-state index in [1.807, 2.05) is 0 Å². The fraction of sp³-hybridized carbons (Fsp3) is 0.647. The van der Waals surface area contributed by atoms with E-state index < -0.39 is 0 Å². The Balaban J connectivity index is 1.39. The molecule has 1 aliphatic carbocycles. The molecule has 1 aromatic carbocycles. The average molecular weight is 274 g/mol. The molecule has 3 nitrogen and oxygen atoms in total. The second kappa shape index (κ2) is 6.70. The summed E-state index contributed by atoms with van der Waals surface area (Å²) in [7, 11) is 0. The Morgan fingerprint density at radius 2 is 2.00 bits per heavy atom. The number of likely N-dealkylation sites (tertiary alicyclic amines) is 1. The van der Waals surface area contributed by atoms with Crippen molar-refractivity contribution in [1.29, 1.82) is 0 Å². The zero-order chi connectivity index (χ0) is 13.8. The SMILES string of the molecule is NCCCOC1CCN(CC2Cc3ccccc32)CC1. The van der Waals surface area contributed by atoms with Crippen LogP contribution in [0.2, 0.25) is 0 Å². The van der Waals surface area contributed by atoms with Crippen LogP contribution in [0.25, 0.3) is 0 Å². The number of fused-ring (bicyclic) bond motifs is 1. The highest BCUT2D eigenvalue weighted by molar-refractivity contribution is 5.40. The molecule has 0 saturated carbocycles. The van der Waals surface area contributed by atoms with Crippen LogP contribution in [0.4, 0.5) is 0 Å². The Bertz CT molecular complexity index is 427. The molecule has 2 aliphatic rings. The van der Waals surface area contributed by atoms with Gasteiger partial charge in [-0.15, -0.1) is 0 Å². The lowest BCUT2D eigenvalue weighted by atomic mass is 9.77. The van der Waals surface area contributed by atoms with Gasteiger partial charge in [-0.3, -0.25) is 0 Å². The van der Waals surface area contributed by atoms with Crippen LogP contribution in [-0.4, -0.2) is 43.8 Å². The van der Waals surface area contributed by atoms with E-state index in [1.165, 1.54) is 38.9 Å². The predicted octanol–water partition coefficient (Wildman–Crippen LogP) is 2.16. The molecule has 0 radical (unpaired) electrons. The third-order valence-electron chi connectivity index (χ3n) is 4.68. The van der Waals surface area contributed by atoms with Gasteiger partial charge in [0, 0.05) is 32.2 Å². The highest BCUT2D eigenvalue weighted by atomic mass is 16.5. The van der Waals surface area contributed by atoms with Crippen molar-refractivity contribution in [2.24, 2.45) is 5.73 Å². The highest BCUT2D eigenvalue weighted by Gasteiger charge is 2.29. The van der Waals surface area contributed by atoms with Gasteiger partial charge >= 0.3 is 0 Å². The first-order valence-corrected chi connectivity index (χ1v) is 7.98. The van der Waals surface area contributed by atoms with E-state index in [4.69, 9.17) is 10.5 Å². The third kappa shape index (κ3) is 3.22. The van der Waals surface area contributed by atoms with Crippen LogP contribution in [0, 0.1) is 0 Å². The van der Waals surface area contributed by atoms with Gasteiger partial charge in [-0.25, -0.2) is 0 Å². The van der Waals surface area contributed by atoms with Gasteiger partial charge in [-0.1, -0.05) is 24.3 Å². The fourth-order valence-corrected chi connectivity index (χ4v) is 3.43. The van der Waals surface area contributed by atoms with E-state index >= 15 is 0 Å². The van der Waals surface area contributed by atoms with E-state index in [9.17, 15) is 0 Å². The van der Waals surface area contributed by atoms with Crippen molar-refractivity contribution in [2.75, 3.05) is 32.8 Å². The summed E-state index contributed by atoms with van der Waals surface area (Å²) in [6, 6.07) is 8.89. The number of hydrogen-bond donors (Lipinski definition) is 1. The molecule has 1 atom stereocenters. The van der Waals surface area contributed by atoms with Gasteiger partial charge in [-0.05, 0) is 43.4 Å². The predicted molar refractivity (Wildman–Crippen MR) is 82.0 cm³/mol. The van der Waals surface area contributed by atoms with Gasteiger partial charge in [0.15, 0.2) is 0 Å². The highest BCUT2D eigenvalue weighted by Crippen LogP contribution is 2.35. The maximum atomic E-state index is 5.87. The second-order valence-electron chi connectivity index (χ2n) is 6.11. The zero-order valence-electron chi connectivity index (χ0n) is 12.3. The van der Waals surface area contributed by atoms with E-state index in [0.717, 1.165) is 25.5 Å². The average Bonchev–Trinajstić information content (AvgIpc) is 2.47. The zero-order valence-corrected chi connectivity index (χ0v) is 12.3. The van der Waals surface area contributed by atoms with Crippen molar-refractivity contribution in [3.05, 3.63) is 35.4 Å². The van der Waals surface area contributed by atoms with E-state index in [0.29, 0.717) is 6.10 Å². The van der Waals surface area contributed by atoms with Crippen LogP contribution in [0.1, 0.15) is 36.3 Å². The lowest BCUT2D eigenvalue weighted by Gasteiger charge is -2.38. The van der Waals surface area contributed by atoms with Crippen molar-refractivity contribution in [3.63, 3.8) is 0 Å². The Hall–Kier alpha value is -0.900. The van der Waals surface area contributed by atoms with Crippen LogP contribution in [0.5, 0.6) is 0 Å². The Morgan fingerprint density at radius 1 is 1.20 bits per heavy atom. The number of rotatable bonds is 6. The standard InChI is InChI=1S/C17H26N2O/c18-8-3-11-20-16-6-9-19(10-7-16)13-15-12-14-4-1-2-5-17(14)15/h1-2,4-5,15-16H,3,6-13,18H2. The van der Waals surface area contributed by atoms with Gasteiger partial charge in [0.05, 0.1) is 6.10 Å². The molecule has 1 aliphatic heterocycles. The summed E-state index contributed by atoms with van der Waals surface area (Å²) in [5.74, 6) is 0.765. The Labute approximate surface area is 122 Å². The molecule has 0 spiro atoms. The largest absolute Gasteiger partial charge is 0.378 e. The lowest BCUT2D eigenvalue weighted by Crippen LogP contribution is -2.41. The van der Waals surface area contributed by atoms with Crippen LogP contribution >= 0.6 is 0 Å². The monoisotopic (exact) mass is 274 g/mol. The van der Waals surface area contributed by atoms with Crippen LogP contribution in [-0.2, 0) is 11.2 Å². The number of piperidine rings is 1. The maximum absolute atomic E-state index is 5.87. The topological polar surface area (TPSA) is 38.5 Å². The van der Waals surface area contributed by atoms with E-state index in [2.05, 4.69) is 29.2 Å². The molecule has 2 N–H and O–H groups in total. The molecule has 1 saturated heterocycles. The van der Waals surface area contributed by atoms with Crippen molar-refractivity contribution < 1.29 is 4.74 Å². The number of hydrogen-bond acceptors (Lipinski definition) is 3. The molecule has 20 heavy (non-hydrogen) atoms. The molecular weight excluding hydrogens is 248 g/mol.